The Balaban J connectivity index is 2.08. The molecule has 0 aliphatic carbocycles. The number of benzene rings is 1. The summed E-state index contributed by atoms with van der Waals surface area (Å²) in [6.45, 7) is 3.89. The van der Waals surface area contributed by atoms with Crippen LogP contribution in [0.3, 0.4) is 0 Å². The van der Waals surface area contributed by atoms with E-state index in [9.17, 15) is 4.79 Å². The van der Waals surface area contributed by atoms with Crippen molar-refractivity contribution in [3.63, 3.8) is 0 Å². The van der Waals surface area contributed by atoms with E-state index in [-0.39, 0.29) is 17.9 Å². The quantitative estimate of drug-likeness (QED) is 0.794. The molecule has 1 aromatic rings. The highest BCUT2D eigenvalue weighted by atomic mass is 35.5. The maximum Gasteiger partial charge on any atom is 0.230 e. The Labute approximate surface area is 119 Å². The van der Waals surface area contributed by atoms with E-state index in [0.717, 1.165) is 12.0 Å². The standard InChI is InChI=1S/C15H20ClNO2/c1-2-14(12-6-4-3-5-7-12)15(18)17-8-9-19-13(10-16)11-17/h3-7,13-14H,2,8-11H2,1H3. The van der Waals surface area contributed by atoms with Crippen molar-refractivity contribution in [2.75, 3.05) is 25.6 Å². The first-order valence-electron chi connectivity index (χ1n) is 6.77. The largest absolute Gasteiger partial charge is 0.373 e. The smallest absolute Gasteiger partial charge is 0.230 e. The first-order chi connectivity index (χ1) is 9.26. The maximum atomic E-state index is 12.6. The first-order valence-corrected chi connectivity index (χ1v) is 7.31. The van der Waals surface area contributed by atoms with Gasteiger partial charge in [-0.25, -0.2) is 0 Å². The average molecular weight is 282 g/mol. The number of ether oxygens (including phenoxy) is 1. The molecule has 2 unspecified atom stereocenters. The molecule has 0 spiro atoms. The Hall–Kier alpha value is -1.06. The summed E-state index contributed by atoms with van der Waals surface area (Å²) in [5.41, 5.74) is 1.09. The van der Waals surface area contributed by atoms with Gasteiger partial charge in [0.15, 0.2) is 0 Å². The lowest BCUT2D eigenvalue weighted by atomic mass is 9.95. The van der Waals surface area contributed by atoms with Crippen molar-refractivity contribution >= 4 is 17.5 Å². The highest BCUT2D eigenvalue weighted by Gasteiger charge is 2.28. The van der Waals surface area contributed by atoms with E-state index in [4.69, 9.17) is 16.3 Å². The summed E-state index contributed by atoms with van der Waals surface area (Å²) in [5, 5.41) is 0. The van der Waals surface area contributed by atoms with E-state index < -0.39 is 0 Å². The fourth-order valence-electron chi connectivity index (χ4n) is 2.47. The minimum atomic E-state index is -0.0599. The second-order valence-corrected chi connectivity index (χ2v) is 5.11. The van der Waals surface area contributed by atoms with Crippen LogP contribution in [0, 0.1) is 0 Å². The highest BCUT2D eigenvalue weighted by molar-refractivity contribution is 6.18. The molecular weight excluding hydrogens is 262 g/mol. The van der Waals surface area contributed by atoms with Crippen molar-refractivity contribution in [1.82, 2.24) is 4.90 Å². The van der Waals surface area contributed by atoms with Crippen LogP contribution in [0.1, 0.15) is 24.8 Å². The third-order valence-corrected chi connectivity index (χ3v) is 3.88. The molecule has 0 saturated carbocycles. The molecule has 104 valence electrons. The van der Waals surface area contributed by atoms with Gasteiger partial charge in [-0.05, 0) is 12.0 Å². The molecule has 1 aromatic carbocycles. The Kier molecular flexibility index (Phi) is 5.23. The molecule has 2 atom stereocenters. The monoisotopic (exact) mass is 281 g/mol. The van der Waals surface area contributed by atoms with Gasteiger partial charge in [0.05, 0.1) is 24.5 Å². The molecule has 0 bridgehead atoms. The fourth-order valence-corrected chi connectivity index (χ4v) is 2.66. The SMILES string of the molecule is CCC(C(=O)N1CCOC(CCl)C1)c1ccccc1. The van der Waals surface area contributed by atoms with E-state index in [1.54, 1.807) is 0 Å². The van der Waals surface area contributed by atoms with Gasteiger partial charge in [-0.2, -0.15) is 0 Å². The number of carbonyl (C=O) groups is 1. The van der Waals surface area contributed by atoms with Crippen molar-refractivity contribution < 1.29 is 9.53 Å². The minimum absolute atomic E-state index is 0.0346. The predicted octanol–water partition coefficient (Wildman–Crippen LogP) is 2.65. The summed E-state index contributed by atoms with van der Waals surface area (Å²) in [5.74, 6) is 0.564. The summed E-state index contributed by atoms with van der Waals surface area (Å²) in [6, 6.07) is 9.97. The average Bonchev–Trinajstić information content (AvgIpc) is 2.49. The number of nitrogens with zero attached hydrogens (tertiary/aromatic N) is 1. The molecule has 4 heteroatoms. The van der Waals surface area contributed by atoms with Crippen LogP contribution in [-0.4, -0.2) is 42.5 Å². The van der Waals surface area contributed by atoms with Crippen LogP contribution in [0.2, 0.25) is 0 Å². The Bertz CT molecular complexity index is 410. The van der Waals surface area contributed by atoms with Gasteiger partial charge in [0.25, 0.3) is 0 Å². The molecule has 2 rings (SSSR count). The number of hydrogen-bond donors (Lipinski definition) is 0. The number of alkyl halides is 1. The van der Waals surface area contributed by atoms with Crippen molar-refractivity contribution in [2.45, 2.75) is 25.4 Å². The molecular formula is C15H20ClNO2. The van der Waals surface area contributed by atoms with Gasteiger partial charge in [0.1, 0.15) is 0 Å². The third-order valence-electron chi connectivity index (χ3n) is 3.53. The van der Waals surface area contributed by atoms with Crippen molar-refractivity contribution in [3.05, 3.63) is 35.9 Å². The van der Waals surface area contributed by atoms with E-state index in [0.29, 0.717) is 25.6 Å². The molecule has 0 aromatic heterocycles. The second-order valence-electron chi connectivity index (χ2n) is 4.80. The van der Waals surface area contributed by atoms with Crippen LogP contribution in [-0.2, 0) is 9.53 Å². The summed E-state index contributed by atoms with van der Waals surface area (Å²) in [7, 11) is 0. The zero-order chi connectivity index (χ0) is 13.7. The summed E-state index contributed by atoms with van der Waals surface area (Å²) >= 11 is 5.82. The zero-order valence-electron chi connectivity index (χ0n) is 11.2. The topological polar surface area (TPSA) is 29.5 Å². The lowest BCUT2D eigenvalue weighted by molar-refractivity contribution is -0.139. The molecule has 1 saturated heterocycles. The highest BCUT2D eigenvalue weighted by Crippen LogP contribution is 2.23. The van der Waals surface area contributed by atoms with Gasteiger partial charge in [0.2, 0.25) is 5.91 Å². The molecule has 1 aliphatic heterocycles. The lowest BCUT2D eigenvalue weighted by Gasteiger charge is -2.34. The minimum Gasteiger partial charge on any atom is -0.373 e. The number of carbonyl (C=O) groups excluding carboxylic acids is 1. The van der Waals surface area contributed by atoms with Gasteiger partial charge in [-0.1, -0.05) is 37.3 Å². The first kappa shape index (κ1) is 14.4. The van der Waals surface area contributed by atoms with E-state index in [1.807, 2.05) is 35.2 Å². The van der Waals surface area contributed by atoms with Crippen LogP contribution < -0.4 is 0 Å². The van der Waals surface area contributed by atoms with E-state index in [1.165, 1.54) is 0 Å². The molecule has 3 nitrogen and oxygen atoms in total. The van der Waals surface area contributed by atoms with Crippen molar-refractivity contribution in [2.24, 2.45) is 0 Å². The number of amides is 1. The second kappa shape index (κ2) is 6.92. The maximum absolute atomic E-state index is 12.6. The van der Waals surface area contributed by atoms with E-state index >= 15 is 0 Å². The van der Waals surface area contributed by atoms with Gasteiger partial charge >= 0.3 is 0 Å². The van der Waals surface area contributed by atoms with Crippen LogP contribution in [0.25, 0.3) is 0 Å². The van der Waals surface area contributed by atoms with Crippen LogP contribution in [0.4, 0.5) is 0 Å². The Morgan fingerprint density at radius 2 is 2.21 bits per heavy atom. The number of halogens is 1. The predicted molar refractivity (Wildman–Crippen MR) is 76.5 cm³/mol. The Morgan fingerprint density at radius 1 is 1.47 bits per heavy atom. The summed E-state index contributed by atoms with van der Waals surface area (Å²) < 4.78 is 5.50. The molecule has 1 amide bonds. The van der Waals surface area contributed by atoms with Crippen molar-refractivity contribution in [3.8, 4) is 0 Å². The number of rotatable bonds is 4. The zero-order valence-corrected chi connectivity index (χ0v) is 12.0. The number of hydrogen-bond acceptors (Lipinski definition) is 2. The third kappa shape index (κ3) is 3.48. The lowest BCUT2D eigenvalue weighted by Crippen LogP contribution is -2.47. The van der Waals surface area contributed by atoms with Crippen LogP contribution in [0.5, 0.6) is 0 Å². The molecule has 19 heavy (non-hydrogen) atoms. The molecule has 1 fully saturated rings. The summed E-state index contributed by atoms with van der Waals surface area (Å²) in [4.78, 5) is 14.5. The Morgan fingerprint density at radius 3 is 2.84 bits per heavy atom. The van der Waals surface area contributed by atoms with Gasteiger partial charge in [0, 0.05) is 13.1 Å². The van der Waals surface area contributed by atoms with Gasteiger partial charge < -0.3 is 9.64 Å². The van der Waals surface area contributed by atoms with Crippen LogP contribution >= 0.6 is 11.6 Å². The molecule has 0 radical (unpaired) electrons. The normalized spacial score (nSPS) is 21.2. The van der Waals surface area contributed by atoms with Gasteiger partial charge in [-0.15, -0.1) is 11.6 Å². The van der Waals surface area contributed by atoms with E-state index in [2.05, 4.69) is 6.92 Å². The fraction of sp³-hybridized carbons (Fsp3) is 0.533. The van der Waals surface area contributed by atoms with Gasteiger partial charge in [-0.3, -0.25) is 4.79 Å². The summed E-state index contributed by atoms with van der Waals surface area (Å²) in [6.07, 6.45) is 0.777. The molecule has 1 aliphatic rings. The molecule has 1 heterocycles. The van der Waals surface area contributed by atoms with Crippen molar-refractivity contribution in [1.29, 1.82) is 0 Å². The van der Waals surface area contributed by atoms with Crippen LogP contribution in [0.15, 0.2) is 30.3 Å². The number of morpholine rings is 1. The molecule has 0 N–H and O–H groups in total.